The summed E-state index contributed by atoms with van der Waals surface area (Å²) >= 11 is 5.89. The summed E-state index contributed by atoms with van der Waals surface area (Å²) in [5.41, 5.74) is 5.47. The molecule has 1 N–H and O–H groups in total. The van der Waals surface area contributed by atoms with Crippen molar-refractivity contribution in [1.82, 2.24) is 10.4 Å². The van der Waals surface area contributed by atoms with Gasteiger partial charge in [0.05, 0.1) is 11.8 Å². The average Bonchev–Trinajstić information content (AvgIpc) is 2.79. The van der Waals surface area contributed by atoms with E-state index in [-0.39, 0.29) is 30.3 Å². The van der Waals surface area contributed by atoms with Gasteiger partial charge in [-0.15, -0.1) is 0 Å². The molecule has 1 aliphatic heterocycles. The first-order valence-electron chi connectivity index (χ1n) is 8.49. The fraction of sp³-hybridized carbons (Fsp3) is 0.421. The molecule has 0 spiro atoms. The molecule has 1 saturated heterocycles. The van der Waals surface area contributed by atoms with E-state index < -0.39 is 5.91 Å². The van der Waals surface area contributed by atoms with Crippen molar-refractivity contribution in [3.63, 3.8) is 0 Å². The fourth-order valence-electron chi connectivity index (χ4n) is 3.44. The van der Waals surface area contributed by atoms with Gasteiger partial charge in [-0.05, 0) is 57.4 Å². The molecular weight excluding hydrogens is 356 g/mol. The number of amides is 3. The molecular formula is C19H21ClN2O4. The number of benzene rings is 1. The Kier molecular flexibility index (Phi) is 5.05. The molecule has 1 aromatic rings. The summed E-state index contributed by atoms with van der Waals surface area (Å²) in [7, 11) is 0. The minimum Gasteiger partial charge on any atom is -0.483 e. The van der Waals surface area contributed by atoms with Crippen molar-refractivity contribution < 1.29 is 19.1 Å². The predicted octanol–water partition coefficient (Wildman–Crippen LogP) is 2.79. The van der Waals surface area contributed by atoms with E-state index >= 15 is 0 Å². The first-order valence-corrected chi connectivity index (χ1v) is 8.87. The maximum absolute atomic E-state index is 12.5. The highest BCUT2D eigenvalue weighted by Crippen LogP contribution is 2.39. The van der Waals surface area contributed by atoms with Crippen LogP contribution < -0.4 is 10.2 Å². The van der Waals surface area contributed by atoms with Crippen molar-refractivity contribution >= 4 is 29.3 Å². The number of halogens is 1. The van der Waals surface area contributed by atoms with Crippen LogP contribution in [0.1, 0.15) is 32.3 Å². The van der Waals surface area contributed by atoms with Gasteiger partial charge >= 0.3 is 0 Å². The Balaban J connectivity index is 1.61. The summed E-state index contributed by atoms with van der Waals surface area (Å²) in [6.45, 7) is 5.47. The van der Waals surface area contributed by atoms with Crippen LogP contribution in [0.2, 0.25) is 5.02 Å². The van der Waals surface area contributed by atoms with E-state index in [9.17, 15) is 14.4 Å². The highest BCUT2D eigenvalue weighted by molar-refractivity contribution is 6.30. The number of hydrogen-bond acceptors (Lipinski definition) is 4. The van der Waals surface area contributed by atoms with Gasteiger partial charge in [-0.1, -0.05) is 22.7 Å². The molecule has 1 aromatic carbocycles. The minimum atomic E-state index is -0.555. The topological polar surface area (TPSA) is 75.7 Å². The van der Waals surface area contributed by atoms with Crippen molar-refractivity contribution in [2.45, 2.75) is 33.6 Å². The van der Waals surface area contributed by atoms with E-state index in [2.05, 4.69) is 5.43 Å². The zero-order valence-corrected chi connectivity index (χ0v) is 15.7. The quantitative estimate of drug-likeness (QED) is 0.647. The number of ether oxygens (including phenoxy) is 1. The first-order chi connectivity index (χ1) is 12.3. The lowest BCUT2D eigenvalue weighted by Gasteiger charge is -2.23. The lowest BCUT2D eigenvalue weighted by atomic mass is 9.78. The summed E-state index contributed by atoms with van der Waals surface area (Å²) < 4.78 is 5.46. The molecule has 138 valence electrons. The Labute approximate surface area is 157 Å². The number of carbonyl (C=O) groups excluding carboxylic acids is 3. The number of hydrazine groups is 1. The van der Waals surface area contributed by atoms with Gasteiger partial charge in [0.2, 0.25) is 0 Å². The number of allylic oxidation sites excluding steroid dienone is 2. The molecule has 3 rings (SSSR count). The average molecular weight is 377 g/mol. The molecule has 1 fully saturated rings. The Morgan fingerprint density at radius 3 is 2.27 bits per heavy atom. The lowest BCUT2D eigenvalue weighted by Crippen LogP contribution is -2.48. The number of aryl methyl sites for hydroxylation is 1. The van der Waals surface area contributed by atoms with E-state index in [0.717, 1.165) is 21.7 Å². The second kappa shape index (κ2) is 7.11. The van der Waals surface area contributed by atoms with Crippen LogP contribution in [0, 0.1) is 18.8 Å². The molecule has 1 aliphatic carbocycles. The third-order valence-corrected chi connectivity index (χ3v) is 5.31. The second-order valence-corrected chi connectivity index (χ2v) is 7.36. The molecule has 0 bridgehead atoms. The van der Waals surface area contributed by atoms with Crippen LogP contribution in [0.25, 0.3) is 0 Å². The summed E-state index contributed by atoms with van der Waals surface area (Å²) in [6.07, 6.45) is 1.13. The van der Waals surface area contributed by atoms with Crippen LogP contribution in [0.15, 0.2) is 29.3 Å². The Bertz CT molecular complexity index is 786. The molecule has 3 amide bonds. The maximum atomic E-state index is 12.5. The Morgan fingerprint density at radius 2 is 1.73 bits per heavy atom. The van der Waals surface area contributed by atoms with Crippen molar-refractivity contribution in [2.24, 2.45) is 11.8 Å². The van der Waals surface area contributed by atoms with Crippen LogP contribution in [0.3, 0.4) is 0 Å². The molecule has 6 nitrogen and oxygen atoms in total. The van der Waals surface area contributed by atoms with Gasteiger partial charge in [0.1, 0.15) is 5.75 Å². The van der Waals surface area contributed by atoms with E-state index in [0.29, 0.717) is 23.6 Å². The first kappa shape index (κ1) is 18.5. The second-order valence-electron chi connectivity index (χ2n) is 6.93. The smallest absolute Gasteiger partial charge is 0.276 e. The van der Waals surface area contributed by atoms with Crippen LogP contribution >= 0.6 is 11.6 Å². The zero-order valence-electron chi connectivity index (χ0n) is 15.0. The van der Waals surface area contributed by atoms with Gasteiger partial charge in [-0.25, -0.2) is 0 Å². The van der Waals surface area contributed by atoms with Crippen molar-refractivity contribution in [1.29, 1.82) is 0 Å². The van der Waals surface area contributed by atoms with Gasteiger partial charge in [0, 0.05) is 5.02 Å². The number of carbonyl (C=O) groups is 3. The summed E-state index contributed by atoms with van der Waals surface area (Å²) in [6, 6.07) is 5.06. The molecule has 0 aromatic heterocycles. The van der Waals surface area contributed by atoms with Crippen LogP contribution in [-0.4, -0.2) is 29.3 Å². The highest BCUT2D eigenvalue weighted by atomic mass is 35.5. The number of rotatable bonds is 4. The number of imide groups is 1. The number of nitrogens with zero attached hydrogens (tertiary/aromatic N) is 1. The number of nitrogens with one attached hydrogen (secondary N) is 1. The zero-order chi connectivity index (χ0) is 19.0. The van der Waals surface area contributed by atoms with Crippen molar-refractivity contribution in [3.05, 3.63) is 39.9 Å². The molecule has 7 heteroatoms. The number of hydrogen-bond donors (Lipinski definition) is 1. The minimum absolute atomic E-state index is 0.300. The largest absolute Gasteiger partial charge is 0.483 e. The fourth-order valence-corrected chi connectivity index (χ4v) is 3.66. The van der Waals surface area contributed by atoms with E-state index in [1.807, 2.05) is 20.8 Å². The van der Waals surface area contributed by atoms with Gasteiger partial charge in [-0.2, -0.15) is 5.01 Å². The molecule has 2 aliphatic rings. The molecule has 1 heterocycles. The highest BCUT2D eigenvalue weighted by Gasteiger charge is 2.49. The van der Waals surface area contributed by atoms with Gasteiger partial charge in [0.25, 0.3) is 17.7 Å². The normalized spacial score (nSPS) is 22.5. The molecule has 2 atom stereocenters. The molecule has 0 unspecified atom stereocenters. The molecule has 26 heavy (non-hydrogen) atoms. The van der Waals surface area contributed by atoms with Gasteiger partial charge in [-0.3, -0.25) is 19.8 Å². The Morgan fingerprint density at radius 1 is 1.15 bits per heavy atom. The third kappa shape index (κ3) is 3.46. The Hall–Kier alpha value is -2.34. The van der Waals surface area contributed by atoms with E-state index in [1.165, 1.54) is 0 Å². The van der Waals surface area contributed by atoms with E-state index in [1.54, 1.807) is 18.2 Å². The summed E-state index contributed by atoms with van der Waals surface area (Å²) in [5, 5.41) is 1.44. The predicted molar refractivity (Wildman–Crippen MR) is 96.3 cm³/mol. The number of fused-ring (bicyclic) bond motifs is 1. The van der Waals surface area contributed by atoms with Crippen LogP contribution in [0.5, 0.6) is 5.75 Å². The molecule has 0 saturated carbocycles. The monoisotopic (exact) mass is 376 g/mol. The van der Waals surface area contributed by atoms with Crippen molar-refractivity contribution in [2.75, 3.05) is 6.61 Å². The van der Waals surface area contributed by atoms with Crippen molar-refractivity contribution in [3.8, 4) is 5.75 Å². The third-order valence-electron chi connectivity index (χ3n) is 5.07. The van der Waals surface area contributed by atoms with Crippen LogP contribution in [-0.2, 0) is 14.4 Å². The van der Waals surface area contributed by atoms with Gasteiger partial charge in [0.15, 0.2) is 6.61 Å². The summed E-state index contributed by atoms with van der Waals surface area (Å²) in [4.78, 5) is 37.2. The maximum Gasteiger partial charge on any atom is 0.276 e. The lowest BCUT2D eigenvalue weighted by molar-refractivity contribution is -0.149. The SMILES string of the molecule is CC1=C(C)C[C@H]2C(=O)N(NC(=O)COc3ccc(Cl)cc3C)C(=O)[C@@H]2C1. The van der Waals surface area contributed by atoms with E-state index in [4.69, 9.17) is 16.3 Å². The summed E-state index contributed by atoms with van der Waals surface area (Å²) in [5.74, 6) is -1.49. The van der Waals surface area contributed by atoms with Crippen LogP contribution in [0.4, 0.5) is 0 Å². The van der Waals surface area contributed by atoms with Gasteiger partial charge < -0.3 is 4.74 Å². The molecule has 0 radical (unpaired) electrons. The standard InChI is InChI=1S/C19H21ClN2O4/c1-10-7-14-15(8-11(10)2)19(25)22(18(14)24)21-17(23)9-26-16-5-4-13(20)6-12(16)3/h4-6,14-15H,7-9H2,1-3H3,(H,21,23)/t14-,15-/m1/s1.